The SMILES string of the molecule is CC1=CN2C(=NC3C2C(=O)NC(=O)N3C)N1c1ccccc1. The third-order valence-corrected chi connectivity index (χ3v) is 4.17. The van der Waals surface area contributed by atoms with Gasteiger partial charge in [-0.2, -0.15) is 0 Å². The number of hydrogen-bond donors (Lipinski definition) is 1. The third kappa shape index (κ3) is 1.59. The molecule has 0 saturated carbocycles. The number of aliphatic imine (C=N–C) groups is 1. The minimum absolute atomic E-state index is 0.314. The topological polar surface area (TPSA) is 68.2 Å². The maximum absolute atomic E-state index is 12.2. The van der Waals surface area contributed by atoms with Crippen LogP contribution in [0.4, 0.5) is 10.5 Å². The summed E-state index contributed by atoms with van der Waals surface area (Å²) >= 11 is 0. The Labute approximate surface area is 127 Å². The number of carbonyl (C=O) groups is 2. The smallest absolute Gasteiger partial charge is 0.303 e. The number of imide groups is 1. The molecule has 3 heterocycles. The van der Waals surface area contributed by atoms with Gasteiger partial charge >= 0.3 is 6.03 Å². The molecule has 4 rings (SSSR count). The van der Waals surface area contributed by atoms with E-state index < -0.39 is 18.2 Å². The number of rotatable bonds is 1. The lowest BCUT2D eigenvalue weighted by Gasteiger charge is -2.34. The van der Waals surface area contributed by atoms with Crippen LogP contribution in [0.5, 0.6) is 0 Å². The zero-order chi connectivity index (χ0) is 15.4. The molecule has 0 radical (unpaired) electrons. The van der Waals surface area contributed by atoms with Crippen molar-refractivity contribution in [2.75, 3.05) is 11.9 Å². The zero-order valence-electron chi connectivity index (χ0n) is 12.2. The van der Waals surface area contributed by atoms with Crippen LogP contribution < -0.4 is 10.2 Å². The van der Waals surface area contributed by atoms with Gasteiger partial charge in [-0.3, -0.25) is 15.0 Å². The van der Waals surface area contributed by atoms with Gasteiger partial charge in [0.25, 0.3) is 5.91 Å². The molecule has 1 fully saturated rings. The lowest BCUT2D eigenvalue weighted by atomic mass is 10.1. The van der Waals surface area contributed by atoms with E-state index in [1.165, 1.54) is 4.90 Å². The molecule has 0 aromatic heterocycles. The fourth-order valence-corrected chi connectivity index (χ4v) is 3.10. The van der Waals surface area contributed by atoms with Crippen LogP contribution in [0.2, 0.25) is 0 Å². The third-order valence-electron chi connectivity index (χ3n) is 4.17. The number of nitrogens with one attached hydrogen (secondary N) is 1. The number of nitrogens with zero attached hydrogens (tertiary/aromatic N) is 4. The number of amides is 3. The second-order valence-corrected chi connectivity index (χ2v) is 5.54. The highest BCUT2D eigenvalue weighted by Crippen LogP contribution is 2.34. The van der Waals surface area contributed by atoms with Crippen LogP contribution in [0.15, 0.2) is 47.2 Å². The van der Waals surface area contributed by atoms with Crippen LogP contribution in [0.25, 0.3) is 0 Å². The van der Waals surface area contributed by atoms with Gasteiger partial charge in [-0.1, -0.05) is 18.2 Å². The molecule has 3 amide bonds. The predicted molar refractivity (Wildman–Crippen MR) is 80.8 cm³/mol. The summed E-state index contributed by atoms with van der Waals surface area (Å²) in [5, 5.41) is 2.37. The fraction of sp³-hybridized carbons (Fsp3) is 0.267. The highest BCUT2D eigenvalue weighted by atomic mass is 16.2. The van der Waals surface area contributed by atoms with Crippen molar-refractivity contribution in [2.24, 2.45) is 4.99 Å². The highest BCUT2D eigenvalue weighted by molar-refractivity contribution is 6.09. The Morgan fingerprint density at radius 1 is 1.18 bits per heavy atom. The van der Waals surface area contributed by atoms with Crippen molar-refractivity contribution in [3.63, 3.8) is 0 Å². The van der Waals surface area contributed by atoms with Crippen molar-refractivity contribution in [1.29, 1.82) is 0 Å². The Balaban J connectivity index is 1.77. The van der Waals surface area contributed by atoms with Gasteiger partial charge in [0.15, 0.2) is 12.2 Å². The number of anilines is 1. The average molecular weight is 297 g/mol. The minimum atomic E-state index is -0.513. The number of allylic oxidation sites excluding steroid dienone is 1. The van der Waals surface area contributed by atoms with Gasteiger partial charge in [-0.25, -0.2) is 9.79 Å². The van der Waals surface area contributed by atoms with Crippen LogP contribution in [0.3, 0.4) is 0 Å². The fourth-order valence-electron chi connectivity index (χ4n) is 3.10. The van der Waals surface area contributed by atoms with Gasteiger partial charge in [0.2, 0.25) is 5.96 Å². The summed E-state index contributed by atoms with van der Waals surface area (Å²) in [4.78, 5) is 33.9. The standard InChI is InChI=1S/C15H15N5O2/c1-9-8-19-11-12(18(2)15(22)17-13(11)21)16-14(19)20(9)10-6-4-3-5-7-10/h3-8,11-12H,1-2H3,(H,17,21,22). The maximum atomic E-state index is 12.2. The van der Waals surface area contributed by atoms with Gasteiger partial charge in [0.05, 0.1) is 0 Å². The van der Waals surface area contributed by atoms with E-state index in [2.05, 4.69) is 10.3 Å². The largest absolute Gasteiger partial charge is 0.325 e. The van der Waals surface area contributed by atoms with E-state index in [4.69, 9.17) is 0 Å². The van der Waals surface area contributed by atoms with Crippen molar-refractivity contribution in [1.82, 2.24) is 15.1 Å². The molecule has 112 valence electrons. The predicted octanol–water partition coefficient (Wildman–Crippen LogP) is 0.916. The molecule has 1 aromatic carbocycles. The molecule has 2 atom stereocenters. The Morgan fingerprint density at radius 2 is 1.91 bits per heavy atom. The Morgan fingerprint density at radius 3 is 2.64 bits per heavy atom. The monoisotopic (exact) mass is 297 g/mol. The number of carbonyl (C=O) groups excluding carboxylic acids is 2. The summed E-state index contributed by atoms with van der Waals surface area (Å²) in [6.07, 6.45) is 1.41. The molecule has 22 heavy (non-hydrogen) atoms. The molecule has 1 N–H and O–H groups in total. The lowest BCUT2D eigenvalue weighted by Crippen LogP contribution is -2.62. The molecule has 1 saturated heterocycles. The second-order valence-electron chi connectivity index (χ2n) is 5.54. The number of likely N-dealkylation sites (N-methyl/N-ethyl adjacent to an activating group) is 1. The second kappa shape index (κ2) is 4.33. The van der Waals surface area contributed by atoms with Gasteiger partial charge in [0, 0.05) is 24.6 Å². The van der Waals surface area contributed by atoms with E-state index in [9.17, 15) is 9.59 Å². The lowest BCUT2D eigenvalue weighted by molar-refractivity contribution is -0.126. The molecule has 3 aliphatic rings. The quantitative estimate of drug-likeness (QED) is 0.837. The first-order valence-corrected chi connectivity index (χ1v) is 7.05. The van der Waals surface area contributed by atoms with Crippen LogP contribution in [0.1, 0.15) is 6.92 Å². The molecule has 1 aromatic rings. The number of para-hydroxylation sites is 1. The van der Waals surface area contributed by atoms with E-state index in [1.54, 1.807) is 7.05 Å². The van der Waals surface area contributed by atoms with Crippen molar-refractivity contribution in [3.05, 3.63) is 42.2 Å². The normalized spacial score (nSPS) is 26.5. The first-order valence-electron chi connectivity index (χ1n) is 7.05. The van der Waals surface area contributed by atoms with E-state index in [-0.39, 0.29) is 5.91 Å². The van der Waals surface area contributed by atoms with Crippen molar-refractivity contribution in [2.45, 2.75) is 19.1 Å². The number of benzene rings is 1. The maximum Gasteiger partial charge on any atom is 0.325 e. The van der Waals surface area contributed by atoms with Crippen molar-refractivity contribution in [3.8, 4) is 0 Å². The van der Waals surface area contributed by atoms with E-state index in [0.717, 1.165) is 11.4 Å². The van der Waals surface area contributed by atoms with Crippen LogP contribution in [0, 0.1) is 0 Å². The van der Waals surface area contributed by atoms with E-state index in [0.29, 0.717) is 5.96 Å². The number of fused-ring (bicyclic) bond motifs is 3. The summed E-state index contributed by atoms with van der Waals surface area (Å²) in [5.41, 5.74) is 1.96. The first kappa shape index (κ1) is 12.9. The molecule has 7 heteroatoms. The van der Waals surface area contributed by atoms with Crippen molar-refractivity contribution < 1.29 is 9.59 Å². The van der Waals surface area contributed by atoms with Crippen LogP contribution in [-0.4, -0.2) is 47.0 Å². The zero-order valence-corrected chi connectivity index (χ0v) is 12.2. The molecular formula is C15H15N5O2. The van der Waals surface area contributed by atoms with Gasteiger partial charge in [-0.15, -0.1) is 0 Å². The Kier molecular flexibility index (Phi) is 2.53. The number of hydrogen-bond acceptors (Lipinski definition) is 5. The number of guanidine groups is 1. The molecule has 7 nitrogen and oxygen atoms in total. The van der Waals surface area contributed by atoms with Gasteiger partial charge in [0.1, 0.15) is 0 Å². The van der Waals surface area contributed by atoms with Crippen LogP contribution in [-0.2, 0) is 4.79 Å². The van der Waals surface area contributed by atoms with Crippen LogP contribution >= 0.6 is 0 Å². The molecule has 0 spiro atoms. The molecule has 0 aliphatic carbocycles. The number of urea groups is 1. The van der Waals surface area contributed by atoms with E-state index in [1.807, 2.05) is 53.3 Å². The summed E-state index contributed by atoms with van der Waals surface area (Å²) in [5.74, 6) is 0.362. The summed E-state index contributed by atoms with van der Waals surface area (Å²) in [6, 6.07) is 8.91. The van der Waals surface area contributed by atoms with Crippen molar-refractivity contribution >= 4 is 23.6 Å². The molecular weight excluding hydrogens is 282 g/mol. The molecule has 2 unspecified atom stereocenters. The Hall–Kier alpha value is -2.83. The summed E-state index contributed by atoms with van der Waals surface area (Å²) < 4.78 is 0. The molecule has 0 bridgehead atoms. The highest BCUT2D eigenvalue weighted by Gasteiger charge is 2.51. The molecule has 3 aliphatic heterocycles. The summed E-state index contributed by atoms with van der Waals surface area (Å²) in [7, 11) is 1.65. The minimum Gasteiger partial charge on any atom is -0.303 e. The van der Waals surface area contributed by atoms with Gasteiger partial charge < -0.3 is 9.80 Å². The average Bonchev–Trinajstić information content (AvgIpc) is 3.00. The summed E-state index contributed by atoms with van der Waals surface area (Å²) in [6.45, 7) is 1.97. The van der Waals surface area contributed by atoms with Gasteiger partial charge in [-0.05, 0) is 19.1 Å². The van der Waals surface area contributed by atoms with E-state index >= 15 is 0 Å². The first-order chi connectivity index (χ1) is 10.6. The Bertz CT molecular complexity index is 727.